The summed E-state index contributed by atoms with van der Waals surface area (Å²) in [6, 6.07) is 6.86. The van der Waals surface area contributed by atoms with Gasteiger partial charge in [0, 0.05) is 31.4 Å². The quantitative estimate of drug-likeness (QED) is 0.871. The van der Waals surface area contributed by atoms with Crippen molar-refractivity contribution in [3.05, 3.63) is 29.8 Å². The van der Waals surface area contributed by atoms with Crippen molar-refractivity contribution in [3.8, 4) is 0 Å². The summed E-state index contributed by atoms with van der Waals surface area (Å²) in [4.78, 5) is 25.4. The van der Waals surface area contributed by atoms with Gasteiger partial charge in [-0.25, -0.2) is 4.79 Å². The first kappa shape index (κ1) is 14.4. The number of anilines is 1. The molecule has 0 radical (unpaired) electrons. The van der Waals surface area contributed by atoms with Crippen LogP contribution in [0.5, 0.6) is 0 Å². The van der Waals surface area contributed by atoms with Gasteiger partial charge in [-0.05, 0) is 37.1 Å². The standard InChI is InChI=1S/C15H21N3O2/c1-16-14(19)12-6-8-13(9-7-12)17-15(20)18-10-4-2-3-5-11-18/h6-9H,2-5,10-11H2,1H3,(H,16,19)(H,17,20). The van der Waals surface area contributed by atoms with Gasteiger partial charge in [0.25, 0.3) is 5.91 Å². The van der Waals surface area contributed by atoms with Crippen LogP contribution in [0.3, 0.4) is 0 Å². The van der Waals surface area contributed by atoms with E-state index in [0.29, 0.717) is 11.3 Å². The number of amides is 3. The average molecular weight is 275 g/mol. The lowest BCUT2D eigenvalue weighted by Gasteiger charge is -2.20. The molecule has 1 aromatic carbocycles. The maximum absolute atomic E-state index is 12.1. The molecule has 0 aromatic heterocycles. The molecule has 0 atom stereocenters. The molecule has 1 aliphatic rings. The van der Waals surface area contributed by atoms with Gasteiger partial charge in [0.1, 0.15) is 0 Å². The molecule has 0 spiro atoms. The van der Waals surface area contributed by atoms with Crippen LogP contribution in [0.2, 0.25) is 0 Å². The van der Waals surface area contributed by atoms with Gasteiger partial charge in [-0.1, -0.05) is 12.8 Å². The van der Waals surface area contributed by atoms with E-state index in [2.05, 4.69) is 10.6 Å². The molecule has 5 heteroatoms. The van der Waals surface area contributed by atoms with Gasteiger partial charge in [0.2, 0.25) is 0 Å². The van der Waals surface area contributed by atoms with E-state index >= 15 is 0 Å². The van der Waals surface area contributed by atoms with Crippen LogP contribution in [0.15, 0.2) is 24.3 Å². The summed E-state index contributed by atoms with van der Waals surface area (Å²) in [5.74, 6) is -0.129. The SMILES string of the molecule is CNC(=O)c1ccc(NC(=O)N2CCCCCC2)cc1. The molecule has 1 heterocycles. The highest BCUT2D eigenvalue weighted by Crippen LogP contribution is 2.13. The first-order chi connectivity index (χ1) is 9.70. The van der Waals surface area contributed by atoms with E-state index < -0.39 is 0 Å². The molecule has 1 aliphatic heterocycles. The third-order valence-corrected chi connectivity index (χ3v) is 3.52. The maximum Gasteiger partial charge on any atom is 0.321 e. The van der Waals surface area contributed by atoms with Crippen molar-refractivity contribution in [2.24, 2.45) is 0 Å². The Kier molecular flexibility index (Phi) is 4.98. The molecule has 2 N–H and O–H groups in total. The van der Waals surface area contributed by atoms with Gasteiger partial charge in [-0.15, -0.1) is 0 Å². The molecule has 5 nitrogen and oxygen atoms in total. The van der Waals surface area contributed by atoms with Crippen molar-refractivity contribution in [3.63, 3.8) is 0 Å². The monoisotopic (exact) mass is 275 g/mol. The Morgan fingerprint density at radius 2 is 1.60 bits per heavy atom. The highest BCUT2D eigenvalue weighted by Gasteiger charge is 2.15. The van der Waals surface area contributed by atoms with Gasteiger partial charge in [0.05, 0.1) is 0 Å². The van der Waals surface area contributed by atoms with Gasteiger partial charge in [0.15, 0.2) is 0 Å². The third kappa shape index (κ3) is 3.73. The molecule has 20 heavy (non-hydrogen) atoms. The summed E-state index contributed by atoms with van der Waals surface area (Å²) in [7, 11) is 1.59. The molecule has 0 saturated carbocycles. The Morgan fingerprint density at radius 3 is 2.15 bits per heavy atom. The number of nitrogens with one attached hydrogen (secondary N) is 2. The minimum Gasteiger partial charge on any atom is -0.355 e. The Balaban J connectivity index is 1.95. The van der Waals surface area contributed by atoms with E-state index in [1.807, 2.05) is 4.90 Å². The predicted molar refractivity (Wildman–Crippen MR) is 78.9 cm³/mol. The topological polar surface area (TPSA) is 61.4 Å². The Morgan fingerprint density at radius 1 is 1.00 bits per heavy atom. The van der Waals surface area contributed by atoms with Gasteiger partial charge in [-0.2, -0.15) is 0 Å². The number of carbonyl (C=O) groups is 2. The summed E-state index contributed by atoms with van der Waals surface area (Å²) in [6.45, 7) is 1.64. The first-order valence-electron chi connectivity index (χ1n) is 7.09. The van der Waals surface area contributed by atoms with Crippen LogP contribution in [0.1, 0.15) is 36.0 Å². The Labute approximate surface area is 119 Å². The predicted octanol–water partition coefficient (Wildman–Crippen LogP) is 2.45. The number of hydrogen-bond donors (Lipinski definition) is 2. The normalized spacial score (nSPS) is 15.3. The summed E-state index contributed by atoms with van der Waals surface area (Å²) >= 11 is 0. The molecule has 1 fully saturated rings. The van der Waals surface area contributed by atoms with E-state index in [-0.39, 0.29) is 11.9 Å². The zero-order valence-electron chi connectivity index (χ0n) is 11.8. The van der Waals surface area contributed by atoms with E-state index in [1.54, 1.807) is 31.3 Å². The second kappa shape index (κ2) is 6.93. The molecular weight excluding hydrogens is 254 g/mol. The molecule has 2 rings (SSSR count). The molecule has 108 valence electrons. The van der Waals surface area contributed by atoms with Crippen LogP contribution in [-0.2, 0) is 0 Å². The van der Waals surface area contributed by atoms with Crippen molar-refractivity contribution in [1.82, 2.24) is 10.2 Å². The van der Waals surface area contributed by atoms with Crippen molar-refractivity contribution in [2.75, 3.05) is 25.5 Å². The van der Waals surface area contributed by atoms with Crippen molar-refractivity contribution >= 4 is 17.6 Å². The van der Waals surface area contributed by atoms with Crippen molar-refractivity contribution in [2.45, 2.75) is 25.7 Å². The minimum atomic E-state index is -0.129. The average Bonchev–Trinajstić information content (AvgIpc) is 2.76. The molecule has 1 aromatic rings. The number of hydrogen-bond acceptors (Lipinski definition) is 2. The molecular formula is C15H21N3O2. The van der Waals surface area contributed by atoms with Crippen LogP contribution in [-0.4, -0.2) is 37.0 Å². The minimum absolute atomic E-state index is 0.0559. The van der Waals surface area contributed by atoms with Crippen LogP contribution in [0, 0.1) is 0 Å². The first-order valence-corrected chi connectivity index (χ1v) is 7.09. The van der Waals surface area contributed by atoms with E-state index in [4.69, 9.17) is 0 Å². The molecule has 1 saturated heterocycles. The van der Waals surface area contributed by atoms with Crippen LogP contribution >= 0.6 is 0 Å². The Bertz CT molecular complexity index is 463. The number of rotatable bonds is 2. The van der Waals surface area contributed by atoms with Gasteiger partial charge in [-0.3, -0.25) is 4.79 Å². The van der Waals surface area contributed by atoms with Gasteiger partial charge >= 0.3 is 6.03 Å². The van der Waals surface area contributed by atoms with E-state index in [9.17, 15) is 9.59 Å². The van der Waals surface area contributed by atoms with E-state index in [1.165, 1.54) is 12.8 Å². The van der Waals surface area contributed by atoms with Crippen molar-refractivity contribution < 1.29 is 9.59 Å². The number of urea groups is 1. The number of benzene rings is 1. The highest BCUT2D eigenvalue weighted by atomic mass is 16.2. The zero-order valence-corrected chi connectivity index (χ0v) is 11.8. The fourth-order valence-corrected chi connectivity index (χ4v) is 2.33. The fraction of sp³-hybridized carbons (Fsp3) is 0.467. The lowest BCUT2D eigenvalue weighted by molar-refractivity contribution is 0.0963. The van der Waals surface area contributed by atoms with E-state index in [0.717, 1.165) is 25.9 Å². The molecule has 0 bridgehead atoms. The highest BCUT2D eigenvalue weighted by molar-refractivity contribution is 5.95. The van der Waals surface area contributed by atoms with Crippen LogP contribution in [0.4, 0.5) is 10.5 Å². The fourth-order valence-electron chi connectivity index (χ4n) is 2.33. The number of likely N-dealkylation sites (tertiary alicyclic amines) is 1. The summed E-state index contributed by atoms with van der Waals surface area (Å²) in [5, 5.41) is 5.44. The smallest absolute Gasteiger partial charge is 0.321 e. The van der Waals surface area contributed by atoms with Crippen LogP contribution in [0.25, 0.3) is 0 Å². The third-order valence-electron chi connectivity index (χ3n) is 3.52. The lowest BCUT2D eigenvalue weighted by atomic mass is 10.2. The second-order valence-corrected chi connectivity index (χ2v) is 4.99. The second-order valence-electron chi connectivity index (χ2n) is 4.99. The van der Waals surface area contributed by atoms with Gasteiger partial charge < -0.3 is 15.5 Å². The zero-order chi connectivity index (χ0) is 14.4. The maximum atomic E-state index is 12.1. The summed E-state index contributed by atoms with van der Waals surface area (Å²) in [5.41, 5.74) is 1.30. The van der Waals surface area contributed by atoms with Crippen LogP contribution < -0.4 is 10.6 Å². The summed E-state index contributed by atoms with van der Waals surface area (Å²) in [6.07, 6.45) is 4.54. The molecule has 3 amide bonds. The lowest BCUT2D eigenvalue weighted by Crippen LogP contribution is -2.35. The number of nitrogens with zero attached hydrogens (tertiary/aromatic N) is 1. The number of carbonyl (C=O) groups excluding carboxylic acids is 2. The molecule has 0 unspecified atom stereocenters. The largest absolute Gasteiger partial charge is 0.355 e. The summed E-state index contributed by atoms with van der Waals surface area (Å²) < 4.78 is 0. The molecule has 0 aliphatic carbocycles. The van der Waals surface area contributed by atoms with Crippen molar-refractivity contribution in [1.29, 1.82) is 0 Å². The Hall–Kier alpha value is -2.04.